The van der Waals surface area contributed by atoms with E-state index in [0.29, 0.717) is 17.7 Å². The maximum atomic E-state index is 10.6. The van der Waals surface area contributed by atoms with Gasteiger partial charge in [-0.05, 0) is 38.5 Å². The van der Waals surface area contributed by atoms with Crippen molar-refractivity contribution >= 4 is 12.0 Å². The van der Waals surface area contributed by atoms with Crippen LogP contribution < -0.4 is 0 Å². The smallest absolute Gasteiger partial charge is 0.168 e. The number of aldehydes is 1. The third-order valence-corrected chi connectivity index (χ3v) is 1.59. The van der Waals surface area contributed by atoms with Crippen molar-refractivity contribution in [2.75, 3.05) is 0 Å². The molecule has 80 valence electrons. The van der Waals surface area contributed by atoms with Gasteiger partial charge >= 0.3 is 0 Å². The molecule has 0 aromatic carbocycles. The van der Waals surface area contributed by atoms with Gasteiger partial charge in [0.25, 0.3) is 0 Å². The summed E-state index contributed by atoms with van der Waals surface area (Å²) in [6.07, 6.45) is 5.86. The first-order valence-electron chi connectivity index (χ1n) is 4.68. The summed E-state index contributed by atoms with van der Waals surface area (Å²) in [5, 5.41) is 0. The molecule has 0 rings (SSSR count). The molecule has 0 bridgehead atoms. The van der Waals surface area contributed by atoms with Crippen molar-refractivity contribution in [2.24, 2.45) is 4.99 Å². The lowest BCUT2D eigenvalue weighted by atomic mass is 10.2. The van der Waals surface area contributed by atoms with E-state index in [1.165, 1.54) is 6.08 Å². The van der Waals surface area contributed by atoms with E-state index in [0.717, 1.165) is 11.1 Å². The van der Waals surface area contributed by atoms with E-state index in [1.807, 2.05) is 32.9 Å². The van der Waals surface area contributed by atoms with Gasteiger partial charge in [-0.1, -0.05) is 24.8 Å². The largest absolute Gasteiger partial charge is 0.296 e. The maximum absolute atomic E-state index is 10.6. The number of nitrogens with zero attached hydrogens (tertiary/aromatic N) is 1. The fourth-order valence-electron chi connectivity index (χ4n) is 0.780. The van der Waals surface area contributed by atoms with Gasteiger partial charge in [-0.3, -0.25) is 4.79 Å². The van der Waals surface area contributed by atoms with E-state index >= 15 is 0 Å². The Labute approximate surface area is 91.4 Å². The third-order valence-electron chi connectivity index (χ3n) is 1.59. The summed E-state index contributed by atoms with van der Waals surface area (Å²) in [4.78, 5) is 14.7. The summed E-state index contributed by atoms with van der Waals surface area (Å²) >= 11 is 0. The molecule has 0 amide bonds. The summed E-state index contributed by atoms with van der Waals surface area (Å²) in [5.41, 5.74) is 2.98. The number of rotatable bonds is 5. The minimum absolute atomic E-state index is 0.311. The number of hydrogen-bond acceptors (Lipinski definition) is 2. The molecule has 0 heterocycles. The molecule has 0 saturated carbocycles. The Morgan fingerprint density at radius 1 is 1.20 bits per heavy atom. The van der Waals surface area contributed by atoms with Crippen molar-refractivity contribution in [2.45, 2.75) is 20.8 Å². The molecule has 0 aromatic rings. The van der Waals surface area contributed by atoms with Gasteiger partial charge in [0.1, 0.15) is 5.71 Å². The first-order valence-corrected chi connectivity index (χ1v) is 4.68. The van der Waals surface area contributed by atoms with Gasteiger partial charge < -0.3 is 0 Å². The van der Waals surface area contributed by atoms with Crippen LogP contribution in [0.1, 0.15) is 20.8 Å². The minimum Gasteiger partial charge on any atom is -0.296 e. The fraction of sp³-hybridized carbons (Fsp3) is 0.231. The molecule has 15 heavy (non-hydrogen) atoms. The van der Waals surface area contributed by atoms with Gasteiger partial charge in [0, 0.05) is 0 Å². The Morgan fingerprint density at radius 3 is 2.13 bits per heavy atom. The van der Waals surface area contributed by atoms with Crippen LogP contribution in [-0.4, -0.2) is 12.0 Å². The van der Waals surface area contributed by atoms with Crippen LogP contribution in [0.5, 0.6) is 0 Å². The van der Waals surface area contributed by atoms with Gasteiger partial charge in [-0.2, -0.15) is 0 Å². The highest BCUT2D eigenvalue weighted by Gasteiger charge is 1.96. The molecule has 2 heteroatoms. The number of hydrogen-bond donors (Lipinski definition) is 0. The zero-order valence-corrected chi connectivity index (χ0v) is 9.58. The topological polar surface area (TPSA) is 29.4 Å². The summed E-state index contributed by atoms with van der Waals surface area (Å²) in [5.74, 6) is 0. The van der Waals surface area contributed by atoms with Crippen LogP contribution in [0.2, 0.25) is 0 Å². The van der Waals surface area contributed by atoms with Gasteiger partial charge in [-0.25, -0.2) is 4.99 Å². The van der Waals surface area contributed by atoms with Gasteiger partial charge in [0.05, 0.1) is 5.70 Å². The quantitative estimate of drug-likeness (QED) is 0.383. The summed E-state index contributed by atoms with van der Waals surface area (Å²) in [6, 6.07) is 0. The molecular formula is C13H17NO. The maximum Gasteiger partial charge on any atom is 0.168 e. The Morgan fingerprint density at radius 2 is 1.80 bits per heavy atom. The van der Waals surface area contributed by atoms with E-state index in [2.05, 4.69) is 18.2 Å². The van der Waals surface area contributed by atoms with Crippen LogP contribution in [0.4, 0.5) is 0 Å². The second-order valence-corrected chi connectivity index (χ2v) is 3.43. The first kappa shape index (κ1) is 13.3. The van der Waals surface area contributed by atoms with Gasteiger partial charge in [0.2, 0.25) is 0 Å². The zero-order chi connectivity index (χ0) is 11.8. The Hall–Kier alpha value is -1.70. The average molecular weight is 203 g/mol. The molecule has 0 aliphatic carbocycles. The Kier molecular flexibility index (Phi) is 5.95. The number of aliphatic imine (C=N–C) groups is 1. The lowest BCUT2D eigenvalue weighted by molar-refractivity contribution is -0.102. The van der Waals surface area contributed by atoms with Crippen LogP contribution >= 0.6 is 0 Å². The molecule has 0 N–H and O–H groups in total. The first-order chi connectivity index (χ1) is 7.01. The summed E-state index contributed by atoms with van der Waals surface area (Å²) in [7, 11) is 0. The molecule has 0 aliphatic heterocycles. The molecule has 0 aromatic heterocycles. The normalized spacial score (nSPS) is 11.9. The fourth-order valence-corrected chi connectivity index (χ4v) is 0.780. The molecule has 0 saturated heterocycles. The highest BCUT2D eigenvalue weighted by molar-refractivity contribution is 6.33. The van der Waals surface area contributed by atoms with Crippen molar-refractivity contribution in [1.82, 2.24) is 0 Å². The highest BCUT2D eigenvalue weighted by Crippen LogP contribution is 2.10. The van der Waals surface area contributed by atoms with Gasteiger partial charge in [-0.15, -0.1) is 0 Å². The Bertz CT molecular complexity index is 343. The standard InChI is InChI=1S/C13H17NO/c1-6-12(9-15)14-13(11(4)5)8-7-10(2)3/h6-9H,1,4H2,2-3,5H3/b13-8+,14-12?. The number of carbonyl (C=O) groups is 1. The highest BCUT2D eigenvalue weighted by atomic mass is 16.1. The van der Waals surface area contributed by atoms with E-state index < -0.39 is 0 Å². The lowest BCUT2D eigenvalue weighted by Gasteiger charge is -1.99. The van der Waals surface area contributed by atoms with Crippen LogP contribution in [0.3, 0.4) is 0 Å². The lowest BCUT2D eigenvalue weighted by Crippen LogP contribution is -1.95. The van der Waals surface area contributed by atoms with Crippen LogP contribution in [0.15, 0.2) is 53.2 Å². The van der Waals surface area contributed by atoms with Crippen molar-refractivity contribution < 1.29 is 4.79 Å². The molecule has 0 atom stereocenters. The molecular weight excluding hydrogens is 186 g/mol. The molecule has 0 unspecified atom stereocenters. The van der Waals surface area contributed by atoms with Gasteiger partial charge in [0.15, 0.2) is 6.29 Å². The predicted octanol–water partition coefficient (Wildman–Crippen LogP) is 3.24. The van der Waals surface area contributed by atoms with E-state index in [1.54, 1.807) is 0 Å². The van der Waals surface area contributed by atoms with E-state index in [4.69, 9.17) is 0 Å². The molecule has 0 aliphatic rings. The average Bonchev–Trinajstić information content (AvgIpc) is 2.17. The van der Waals surface area contributed by atoms with E-state index in [9.17, 15) is 4.79 Å². The second kappa shape index (κ2) is 6.71. The summed E-state index contributed by atoms with van der Waals surface area (Å²) < 4.78 is 0. The molecule has 2 nitrogen and oxygen atoms in total. The van der Waals surface area contributed by atoms with Crippen LogP contribution in [0, 0.1) is 0 Å². The second-order valence-electron chi connectivity index (χ2n) is 3.43. The van der Waals surface area contributed by atoms with Crippen LogP contribution in [0.25, 0.3) is 0 Å². The van der Waals surface area contributed by atoms with Crippen molar-refractivity contribution in [3.8, 4) is 0 Å². The van der Waals surface area contributed by atoms with Crippen molar-refractivity contribution in [1.29, 1.82) is 0 Å². The number of allylic oxidation sites excluding steroid dienone is 5. The SMILES string of the molecule is C=CC(C=O)=N/C(=C/C=C(C)C)C(=C)C. The molecule has 0 radical (unpaired) electrons. The van der Waals surface area contributed by atoms with Crippen molar-refractivity contribution in [3.63, 3.8) is 0 Å². The molecule has 0 fully saturated rings. The van der Waals surface area contributed by atoms with E-state index in [-0.39, 0.29) is 0 Å². The molecule has 0 spiro atoms. The van der Waals surface area contributed by atoms with Crippen molar-refractivity contribution in [3.05, 3.63) is 48.2 Å². The predicted molar refractivity (Wildman–Crippen MR) is 66.0 cm³/mol. The van der Waals surface area contributed by atoms with Crippen LogP contribution in [-0.2, 0) is 4.79 Å². The zero-order valence-electron chi connectivity index (χ0n) is 9.58. The summed E-state index contributed by atoms with van der Waals surface area (Å²) in [6.45, 7) is 13.1. The Balaban J connectivity index is 5.16. The number of carbonyl (C=O) groups excluding carboxylic acids is 1. The third kappa shape index (κ3) is 5.57. The monoisotopic (exact) mass is 203 g/mol. The minimum atomic E-state index is 0.311.